The number of thioether (sulfide) groups is 1. The van der Waals surface area contributed by atoms with E-state index in [2.05, 4.69) is 27.6 Å². The van der Waals surface area contributed by atoms with Crippen LogP contribution >= 0.6 is 34.7 Å². The van der Waals surface area contributed by atoms with Crippen LogP contribution in [0, 0.1) is 5.92 Å². The van der Waals surface area contributed by atoms with Gasteiger partial charge < -0.3 is 25.4 Å². The molecular weight excluding hydrogens is 520 g/mol. The van der Waals surface area contributed by atoms with E-state index < -0.39 is 0 Å². The van der Waals surface area contributed by atoms with E-state index in [4.69, 9.17) is 16.6 Å². The number of likely N-dealkylation sites (tertiary alicyclic amines) is 1. The van der Waals surface area contributed by atoms with Crippen LogP contribution in [0.15, 0.2) is 17.1 Å². The standard InChI is InChI=1S/C24H31ClN6O3S2/c1-30(2)24(34)12-4-5-14(26-20(32)17-9-13-10-19(25)36-22(13)29-17)16(8-12)27-21(33)23-28-15-6-7-31(3)11-18(15)35-23/h9-10,12,14-16,18,29H,4-8,11H2,1-3H3,(H,26,32)(H,27,33)/t12-,14-,15?,16+,18?/m0/s1. The SMILES string of the molecule is CN1CCC2N=C(C(=O)N[C@@H]3C[C@@H](C(=O)N(C)C)CC[C@@H]3NC(=O)c3cc4cc(Cl)sc4[nH]3)SC2C1. The molecule has 9 nitrogen and oxygen atoms in total. The van der Waals surface area contributed by atoms with Crippen molar-refractivity contribution in [3.05, 3.63) is 22.2 Å². The molecule has 3 N–H and O–H groups in total. The van der Waals surface area contributed by atoms with Crippen LogP contribution in [0.25, 0.3) is 10.2 Å². The summed E-state index contributed by atoms with van der Waals surface area (Å²) >= 11 is 8.98. The van der Waals surface area contributed by atoms with E-state index in [0.29, 0.717) is 39.6 Å². The molecule has 1 saturated heterocycles. The third kappa shape index (κ3) is 5.29. The second kappa shape index (κ2) is 10.4. The zero-order valence-electron chi connectivity index (χ0n) is 20.5. The summed E-state index contributed by atoms with van der Waals surface area (Å²) in [6, 6.07) is 3.11. The molecule has 0 bridgehead atoms. The molecule has 194 valence electrons. The summed E-state index contributed by atoms with van der Waals surface area (Å²) in [5.74, 6) is -0.611. The van der Waals surface area contributed by atoms with Crippen LogP contribution in [0.3, 0.4) is 0 Å². The highest BCUT2D eigenvalue weighted by Gasteiger charge is 2.40. The van der Waals surface area contributed by atoms with Crippen molar-refractivity contribution in [3.63, 3.8) is 0 Å². The van der Waals surface area contributed by atoms with Crippen molar-refractivity contribution in [1.82, 2.24) is 25.4 Å². The van der Waals surface area contributed by atoms with Gasteiger partial charge in [-0.2, -0.15) is 0 Å². The highest BCUT2D eigenvalue weighted by atomic mass is 35.5. The second-order valence-electron chi connectivity index (χ2n) is 10.1. The van der Waals surface area contributed by atoms with Crippen LogP contribution < -0.4 is 10.6 Å². The first kappa shape index (κ1) is 25.6. The van der Waals surface area contributed by atoms with Gasteiger partial charge >= 0.3 is 0 Å². The lowest BCUT2D eigenvalue weighted by Gasteiger charge is -2.37. The van der Waals surface area contributed by atoms with Gasteiger partial charge in [0, 0.05) is 43.2 Å². The van der Waals surface area contributed by atoms with E-state index in [1.165, 1.54) is 11.3 Å². The first-order chi connectivity index (χ1) is 17.2. The van der Waals surface area contributed by atoms with Gasteiger partial charge in [-0.3, -0.25) is 19.4 Å². The first-order valence-corrected chi connectivity index (χ1v) is 14.3. The third-order valence-electron chi connectivity index (χ3n) is 7.26. The largest absolute Gasteiger partial charge is 0.349 e. The minimum absolute atomic E-state index is 0.0437. The molecule has 3 aliphatic rings. The Hall–Kier alpha value is -2.08. The van der Waals surface area contributed by atoms with Crippen LogP contribution in [0.4, 0.5) is 0 Å². The number of aliphatic imine (C=N–C) groups is 1. The number of aromatic amines is 1. The van der Waals surface area contributed by atoms with E-state index in [0.717, 1.165) is 29.7 Å². The Bertz CT molecular complexity index is 1180. The van der Waals surface area contributed by atoms with Gasteiger partial charge in [-0.1, -0.05) is 23.4 Å². The molecule has 2 fully saturated rings. The number of halogens is 1. The Morgan fingerprint density at radius 1 is 1.14 bits per heavy atom. The maximum atomic E-state index is 13.3. The molecule has 2 aromatic rings. The third-order valence-corrected chi connectivity index (χ3v) is 9.74. The van der Waals surface area contributed by atoms with Crippen LogP contribution in [-0.2, 0) is 9.59 Å². The summed E-state index contributed by atoms with van der Waals surface area (Å²) in [4.78, 5) is 51.6. The minimum atomic E-state index is -0.372. The number of hydrogen-bond donors (Lipinski definition) is 3. The lowest BCUT2D eigenvalue weighted by molar-refractivity contribution is -0.134. The quantitative estimate of drug-likeness (QED) is 0.530. The zero-order valence-corrected chi connectivity index (χ0v) is 22.9. The molecule has 12 heteroatoms. The number of H-pyrrole nitrogens is 1. The Balaban J connectivity index is 1.29. The summed E-state index contributed by atoms with van der Waals surface area (Å²) < 4.78 is 0.661. The second-order valence-corrected chi connectivity index (χ2v) is 13.0. The highest BCUT2D eigenvalue weighted by Crippen LogP contribution is 2.33. The van der Waals surface area contributed by atoms with Crippen molar-refractivity contribution in [2.75, 3.05) is 34.2 Å². The summed E-state index contributed by atoms with van der Waals surface area (Å²) in [7, 11) is 5.58. The molecule has 2 aromatic heterocycles. The normalized spacial score (nSPS) is 28.4. The molecular formula is C24H31ClN6O3S2. The van der Waals surface area contributed by atoms with Crippen molar-refractivity contribution >= 4 is 67.7 Å². The Morgan fingerprint density at radius 2 is 1.92 bits per heavy atom. The summed E-state index contributed by atoms with van der Waals surface area (Å²) in [6.45, 7) is 1.89. The van der Waals surface area contributed by atoms with Gasteiger partial charge in [0.2, 0.25) is 5.91 Å². The van der Waals surface area contributed by atoms with Crippen LogP contribution in [0.2, 0.25) is 4.34 Å². The number of amides is 3. The van der Waals surface area contributed by atoms with Crippen LogP contribution in [0.5, 0.6) is 0 Å². The monoisotopic (exact) mass is 550 g/mol. The van der Waals surface area contributed by atoms with Gasteiger partial charge in [-0.15, -0.1) is 11.3 Å². The van der Waals surface area contributed by atoms with E-state index in [9.17, 15) is 14.4 Å². The average Bonchev–Trinajstić information content (AvgIpc) is 3.52. The fourth-order valence-corrected chi connectivity index (χ4v) is 7.80. The number of nitrogens with zero attached hydrogens (tertiary/aromatic N) is 3. The number of aromatic nitrogens is 1. The molecule has 0 radical (unpaired) electrons. The summed E-state index contributed by atoms with van der Waals surface area (Å²) in [5.41, 5.74) is 0.452. The molecule has 3 amide bonds. The Morgan fingerprint density at radius 3 is 2.67 bits per heavy atom. The zero-order chi connectivity index (χ0) is 25.6. The summed E-state index contributed by atoms with van der Waals surface area (Å²) in [5, 5.41) is 7.92. The van der Waals surface area contributed by atoms with Crippen molar-refractivity contribution < 1.29 is 14.4 Å². The van der Waals surface area contributed by atoms with Gasteiger partial charge in [-0.05, 0) is 51.4 Å². The topological polar surface area (TPSA) is 110 Å². The predicted octanol–water partition coefficient (Wildman–Crippen LogP) is 2.57. The number of carbonyl (C=O) groups excluding carboxylic acids is 3. The molecule has 0 aromatic carbocycles. The predicted molar refractivity (Wildman–Crippen MR) is 145 cm³/mol. The van der Waals surface area contributed by atoms with E-state index in [-0.39, 0.29) is 41.8 Å². The molecule has 4 heterocycles. The van der Waals surface area contributed by atoms with E-state index in [1.807, 2.05) is 6.07 Å². The van der Waals surface area contributed by atoms with Gasteiger partial charge in [-0.25, -0.2) is 0 Å². The van der Waals surface area contributed by atoms with E-state index in [1.54, 1.807) is 36.8 Å². The van der Waals surface area contributed by atoms with Crippen molar-refractivity contribution in [2.45, 2.75) is 49.1 Å². The number of hydrogen-bond acceptors (Lipinski definition) is 7. The van der Waals surface area contributed by atoms with Gasteiger partial charge in [0.25, 0.3) is 11.8 Å². The van der Waals surface area contributed by atoms with Gasteiger partial charge in [0.1, 0.15) is 10.5 Å². The van der Waals surface area contributed by atoms with Crippen LogP contribution in [0.1, 0.15) is 36.2 Å². The fourth-order valence-electron chi connectivity index (χ4n) is 5.34. The molecule has 2 aliphatic heterocycles. The Kier molecular flexibility index (Phi) is 7.35. The van der Waals surface area contributed by atoms with Crippen molar-refractivity contribution in [2.24, 2.45) is 10.9 Å². The smallest absolute Gasteiger partial charge is 0.276 e. The Labute approximate surface area is 223 Å². The van der Waals surface area contributed by atoms with E-state index >= 15 is 0 Å². The summed E-state index contributed by atoms with van der Waals surface area (Å²) in [6.07, 6.45) is 2.66. The van der Waals surface area contributed by atoms with Crippen molar-refractivity contribution in [1.29, 1.82) is 0 Å². The number of nitrogens with one attached hydrogen (secondary N) is 3. The number of carbonyl (C=O) groups is 3. The molecule has 2 unspecified atom stereocenters. The number of rotatable bonds is 5. The highest BCUT2D eigenvalue weighted by molar-refractivity contribution is 8.16. The minimum Gasteiger partial charge on any atom is -0.349 e. The van der Waals surface area contributed by atoms with Gasteiger partial charge in [0.15, 0.2) is 5.04 Å². The molecule has 5 atom stereocenters. The lowest BCUT2D eigenvalue weighted by Crippen LogP contribution is -2.56. The van der Waals surface area contributed by atoms with Crippen molar-refractivity contribution in [3.8, 4) is 0 Å². The average molecular weight is 551 g/mol. The number of fused-ring (bicyclic) bond motifs is 2. The number of piperidine rings is 1. The molecule has 0 spiro atoms. The lowest BCUT2D eigenvalue weighted by atomic mass is 9.81. The van der Waals surface area contributed by atoms with Gasteiger partial charge in [0.05, 0.1) is 16.4 Å². The maximum Gasteiger partial charge on any atom is 0.276 e. The molecule has 36 heavy (non-hydrogen) atoms. The molecule has 1 saturated carbocycles. The maximum absolute atomic E-state index is 13.3. The first-order valence-electron chi connectivity index (χ1n) is 12.2. The molecule has 1 aliphatic carbocycles. The fraction of sp³-hybridized carbons (Fsp3) is 0.583. The number of thiophene rings is 1. The van der Waals surface area contributed by atoms with Crippen LogP contribution in [-0.4, -0.2) is 95.2 Å². The molecule has 5 rings (SSSR count).